The average Bonchev–Trinajstić information content (AvgIpc) is 2.94. The van der Waals surface area contributed by atoms with Crippen molar-refractivity contribution in [3.05, 3.63) is 57.8 Å². The Morgan fingerprint density at radius 3 is 2.45 bits per heavy atom. The Balaban J connectivity index is 0.00000300. The number of para-hydroxylation sites is 1. The van der Waals surface area contributed by atoms with Crippen molar-refractivity contribution in [3.63, 3.8) is 0 Å². The van der Waals surface area contributed by atoms with Crippen molar-refractivity contribution < 1.29 is 0 Å². The van der Waals surface area contributed by atoms with Crippen LogP contribution in [0.1, 0.15) is 11.3 Å². The monoisotopic (exact) mass is 546 g/mol. The molecule has 0 aliphatic heterocycles. The van der Waals surface area contributed by atoms with E-state index >= 15 is 0 Å². The van der Waals surface area contributed by atoms with E-state index in [1.54, 1.807) is 7.05 Å². The number of benzene rings is 1. The molecule has 0 radical (unpaired) electrons. The first kappa shape index (κ1) is 23.6. The number of halogens is 3. The van der Waals surface area contributed by atoms with Gasteiger partial charge in [-0.25, -0.2) is 4.98 Å². The summed E-state index contributed by atoms with van der Waals surface area (Å²) in [4.78, 5) is 11.0. The van der Waals surface area contributed by atoms with Gasteiger partial charge in [-0.2, -0.15) is 0 Å². The van der Waals surface area contributed by atoms with E-state index in [9.17, 15) is 0 Å². The van der Waals surface area contributed by atoms with Crippen LogP contribution < -0.4 is 15.5 Å². The second-order valence-electron chi connectivity index (χ2n) is 6.66. The summed E-state index contributed by atoms with van der Waals surface area (Å²) in [5.74, 6) is 1.62. The molecule has 0 spiro atoms. The molecule has 29 heavy (non-hydrogen) atoms. The number of anilines is 1. The van der Waals surface area contributed by atoms with E-state index in [1.165, 1.54) is 0 Å². The molecule has 0 fully saturated rings. The molecular formula is C20H25Cl2IN6. The zero-order chi connectivity index (χ0) is 20.3. The van der Waals surface area contributed by atoms with Gasteiger partial charge in [0.1, 0.15) is 11.0 Å². The molecule has 2 N–H and O–H groups in total. The number of nitrogens with one attached hydrogen (secondary N) is 2. The number of rotatable bonds is 5. The average molecular weight is 547 g/mol. The molecule has 156 valence electrons. The predicted octanol–water partition coefficient (Wildman–Crippen LogP) is 4.43. The number of nitrogens with zero attached hydrogens (tertiary/aromatic N) is 4. The van der Waals surface area contributed by atoms with Gasteiger partial charge in [0.25, 0.3) is 0 Å². The van der Waals surface area contributed by atoms with E-state index in [1.807, 2.05) is 54.9 Å². The maximum Gasteiger partial charge on any atom is 0.191 e. The lowest BCUT2D eigenvalue weighted by Crippen LogP contribution is -2.36. The van der Waals surface area contributed by atoms with Crippen LogP contribution in [0.15, 0.2) is 41.4 Å². The van der Waals surface area contributed by atoms with Crippen LogP contribution >= 0.6 is 47.2 Å². The Morgan fingerprint density at radius 2 is 1.83 bits per heavy atom. The summed E-state index contributed by atoms with van der Waals surface area (Å²) in [5, 5.41) is 8.87. The van der Waals surface area contributed by atoms with Gasteiger partial charge in [-0.1, -0.05) is 41.4 Å². The minimum atomic E-state index is 0. The molecule has 0 bridgehead atoms. The zero-order valence-corrected chi connectivity index (χ0v) is 20.7. The second kappa shape index (κ2) is 10.4. The van der Waals surface area contributed by atoms with E-state index in [4.69, 9.17) is 28.2 Å². The Kier molecular flexibility index (Phi) is 8.42. The molecule has 0 aliphatic rings. The summed E-state index contributed by atoms with van der Waals surface area (Å²) in [6, 6.07) is 12.1. The van der Waals surface area contributed by atoms with Gasteiger partial charge in [-0.15, -0.1) is 24.0 Å². The summed E-state index contributed by atoms with van der Waals surface area (Å²) in [5.41, 5.74) is 3.10. The molecule has 0 saturated carbocycles. The third kappa shape index (κ3) is 5.46. The first-order valence-corrected chi connectivity index (χ1v) is 9.66. The number of fused-ring (bicyclic) bond motifs is 1. The molecule has 0 aliphatic carbocycles. The minimum absolute atomic E-state index is 0. The van der Waals surface area contributed by atoms with Crippen LogP contribution in [0.4, 0.5) is 5.82 Å². The highest BCUT2D eigenvalue weighted by molar-refractivity contribution is 14.0. The maximum absolute atomic E-state index is 6.13. The fourth-order valence-corrected chi connectivity index (χ4v) is 3.36. The van der Waals surface area contributed by atoms with Crippen LogP contribution in [0.2, 0.25) is 10.2 Å². The number of pyridine rings is 1. The van der Waals surface area contributed by atoms with Gasteiger partial charge in [-0.3, -0.25) is 4.99 Å². The van der Waals surface area contributed by atoms with Gasteiger partial charge in [0, 0.05) is 45.8 Å². The quantitative estimate of drug-likeness (QED) is 0.282. The van der Waals surface area contributed by atoms with Crippen LogP contribution in [0.25, 0.3) is 10.9 Å². The Labute approximate surface area is 198 Å². The highest BCUT2D eigenvalue weighted by Gasteiger charge is 2.11. The van der Waals surface area contributed by atoms with E-state index in [2.05, 4.69) is 27.8 Å². The molecule has 6 nitrogen and oxygen atoms in total. The van der Waals surface area contributed by atoms with Gasteiger partial charge in [0.2, 0.25) is 0 Å². The Bertz CT molecular complexity index is 1020. The van der Waals surface area contributed by atoms with Crippen LogP contribution in [0, 0.1) is 0 Å². The normalized spacial score (nSPS) is 11.3. The fourth-order valence-electron chi connectivity index (χ4n) is 2.94. The van der Waals surface area contributed by atoms with Crippen molar-refractivity contribution in [1.29, 1.82) is 0 Å². The largest absolute Gasteiger partial charge is 0.363 e. The molecule has 0 amide bonds. The second-order valence-corrected chi connectivity index (χ2v) is 7.43. The highest BCUT2D eigenvalue weighted by atomic mass is 127. The van der Waals surface area contributed by atoms with Gasteiger partial charge >= 0.3 is 0 Å². The van der Waals surface area contributed by atoms with E-state index < -0.39 is 0 Å². The van der Waals surface area contributed by atoms with Crippen molar-refractivity contribution in [3.8, 4) is 0 Å². The molecule has 0 saturated heterocycles. The standard InChI is InChI=1S/C20H24Cl2N6.HI/c1-23-20(25-12-14-10-16(21)19(22)28(14)4)24-11-13-9-18(27(2)3)26-17-8-6-5-7-15(13)17;/h5-10H,11-12H2,1-4H3,(H2,23,24,25);1H. The van der Waals surface area contributed by atoms with Gasteiger partial charge in [0.05, 0.1) is 17.1 Å². The molecule has 1 aromatic carbocycles. The van der Waals surface area contributed by atoms with Gasteiger partial charge < -0.3 is 20.1 Å². The van der Waals surface area contributed by atoms with E-state index in [0.717, 1.165) is 28.0 Å². The highest BCUT2D eigenvalue weighted by Crippen LogP contribution is 2.25. The van der Waals surface area contributed by atoms with Crippen molar-refractivity contribution >= 4 is 69.9 Å². The third-order valence-corrected chi connectivity index (χ3v) is 5.41. The summed E-state index contributed by atoms with van der Waals surface area (Å²) in [6.07, 6.45) is 0. The van der Waals surface area contributed by atoms with E-state index in [-0.39, 0.29) is 24.0 Å². The lowest BCUT2D eigenvalue weighted by molar-refractivity contribution is 0.751. The number of aliphatic imine (C=N–C) groups is 1. The lowest BCUT2D eigenvalue weighted by atomic mass is 10.1. The Morgan fingerprint density at radius 1 is 1.14 bits per heavy atom. The first-order valence-electron chi connectivity index (χ1n) is 8.90. The topological polar surface area (TPSA) is 57.5 Å². The number of hydrogen-bond donors (Lipinski definition) is 2. The van der Waals surface area contributed by atoms with Crippen molar-refractivity contribution in [1.82, 2.24) is 20.2 Å². The summed E-state index contributed by atoms with van der Waals surface area (Å²) >= 11 is 12.2. The number of hydrogen-bond acceptors (Lipinski definition) is 3. The number of guanidine groups is 1. The SMILES string of the molecule is CN=C(NCc1cc(N(C)C)nc2ccccc12)NCc1cc(Cl)c(Cl)n1C.I. The van der Waals surface area contributed by atoms with Crippen LogP contribution in [0.3, 0.4) is 0 Å². The number of aromatic nitrogens is 2. The van der Waals surface area contributed by atoms with Crippen molar-refractivity contribution in [2.75, 3.05) is 26.0 Å². The first-order chi connectivity index (χ1) is 13.4. The van der Waals surface area contributed by atoms with E-state index in [0.29, 0.717) is 29.2 Å². The van der Waals surface area contributed by atoms with Crippen LogP contribution in [-0.2, 0) is 20.1 Å². The Hall–Kier alpha value is -1.71. The molecule has 9 heteroatoms. The summed E-state index contributed by atoms with van der Waals surface area (Å²) in [6.45, 7) is 1.18. The third-order valence-electron chi connectivity index (χ3n) is 4.57. The zero-order valence-electron chi connectivity index (χ0n) is 16.8. The summed E-state index contributed by atoms with van der Waals surface area (Å²) in [7, 11) is 7.61. The molecule has 0 unspecified atom stereocenters. The smallest absolute Gasteiger partial charge is 0.191 e. The minimum Gasteiger partial charge on any atom is -0.363 e. The summed E-state index contributed by atoms with van der Waals surface area (Å²) < 4.78 is 1.85. The van der Waals surface area contributed by atoms with Crippen molar-refractivity contribution in [2.24, 2.45) is 12.0 Å². The molecule has 2 heterocycles. The molecule has 0 atom stereocenters. The predicted molar refractivity (Wildman–Crippen MR) is 134 cm³/mol. The van der Waals surface area contributed by atoms with Crippen LogP contribution in [-0.4, -0.2) is 36.7 Å². The molecule has 3 aromatic rings. The molecule has 3 rings (SSSR count). The van der Waals surface area contributed by atoms with Gasteiger partial charge in [0.15, 0.2) is 5.96 Å². The molecule has 2 aromatic heterocycles. The fraction of sp³-hybridized carbons (Fsp3) is 0.300. The maximum atomic E-state index is 6.13. The van der Waals surface area contributed by atoms with Crippen molar-refractivity contribution in [2.45, 2.75) is 13.1 Å². The molecular weight excluding hydrogens is 522 g/mol. The lowest BCUT2D eigenvalue weighted by Gasteiger charge is -2.17. The van der Waals surface area contributed by atoms with Crippen LogP contribution in [0.5, 0.6) is 0 Å². The van der Waals surface area contributed by atoms with Gasteiger partial charge in [-0.05, 0) is 23.8 Å².